The van der Waals surface area contributed by atoms with Crippen molar-refractivity contribution in [3.63, 3.8) is 0 Å². The van der Waals surface area contributed by atoms with Gasteiger partial charge >= 0.3 is 0 Å². The summed E-state index contributed by atoms with van der Waals surface area (Å²) < 4.78 is 13.8. The highest BCUT2D eigenvalue weighted by molar-refractivity contribution is 5.44. The standard InChI is InChI=1S/C28H29N3O3/c1-33-13-12-30-18-23(14-20-8-4-2-5-9-20)31-17-22(16-29)27(32)28(26(31)24-15-25(24)30)34-19-21-10-6-3-7-11-21/h2-11,17,23-25H,12-15,18-19H2,1H3/t23-,24?,25?/m0/s1. The van der Waals surface area contributed by atoms with Gasteiger partial charge < -0.3 is 14.0 Å². The van der Waals surface area contributed by atoms with Gasteiger partial charge in [-0.3, -0.25) is 9.69 Å². The highest BCUT2D eigenvalue weighted by Crippen LogP contribution is 2.50. The van der Waals surface area contributed by atoms with Crippen LogP contribution in [0.15, 0.2) is 71.7 Å². The number of nitriles is 1. The summed E-state index contributed by atoms with van der Waals surface area (Å²) >= 11 is 0. The van der Waals surface area contributed by atoms with Gasteiger partial charge in [-0.05, 0) is 24.0 Å². The quantitative estimate of drug-likeness (QED) is 0.515. The molecule has 0 N–H and O–H groups in total. The number of nitrogens with zero attached hydrogens (tertiary/aromatic N) is 3. The second kappa shape index (κ2) is 9.84. The first-order valence-electron chi connectivity index (χ1n) is 11.8. The highest BCUT2D eigenvalue weighted by atomic mass is 16.5. The van der Waals surface area contributed by atoms with Gasteiger partial charge in [-0.25, -0.2) is 0 Å². The maximum absolute atomic E-state index is 13.3. The zero-order valence-electron chi connectivity index (χ0n) is 19.4. The SMILES string of the molecule is COCCN1C[C@H](Cc2ccccc2)n2cc(C#N)c(=O)c(OCc3ccccc3)c2C2CC21. The fraction of sp³-hybridized carbons (Fsp3) is 0.357. The van der Waals surface area contributed by atoms with E-state index < -0.39 is 0 Å². The molecule has 0 radical (unpaired) electrons. The van der Waals surface area contributed by atoms with E-state index in [4.69, 9.17) is 9.47 Å². The minimum absolute atomic E-state index is 0.0776. The van der Waals surface area contributed by atoms with Crippen molar-refractivity contribution >= 4 is 0 Å². The summed E-state index contributed by atoms with van der Waals surface area (Å²) in [6.45, 7) is 2.63. The molecule has 2 aliphatic rings. The lowest BCUT2D eigenvalue weighted by Gasteiger charge is -2.28. The topological polar surface area (TPSA) is 67.5 Å². The molecule has 34 heavy (non-hydrogen) atoms. The first kappa shape index (κ1) is 22.4. The van der Waals surface area contributed by atoms with Crippen LogP contribution in [0.2, 0.25) is 0 Å². The summed E-state index contributed by atoms with van der Waals surface area (Å²) in [5, 5.41) is 9.77. The van der Waals surface area contributed by atoms with Crippen molar-refractivity contribution in [3.05, 3.63) is 99.5 Å². The third-order valence-electron chi connectivity index (χ3n) is 6.89. The fourth-order valence-corrected chi connectivity index (χ4v) is 5.12. The van der Waals surface area contributed by atoms with Crippen LogP contribution < -0.4 is 10.2 Å². The van der Waals surface area contributed by atoms with Gasteiger partial charge in [0.25, 0.3) is 0 Å². The van der Waals surface area contributed by atoms with Crippen molar-refractivity contribution in [2.45, 2.75) is 37.5 Å². The molecule has 6 nitrogen and oxygen atoms in total. The van der Waals surface area contributed by atoms with Gasteiger partial charge in [-0.2, -0.15) is 5.26 Å². The van der Waals surface area contributed by atoms with Crippen molar-refractivity contribution in [3.8, 4) is 11.8 Å². The molecular formula is C28H29N3O3. The maximum atomic E-state index is 13.3. The Labute approximate surface area is 200 Å². The van der Waals surface area contributed by atoms with E-state index in [1.54, 1.807) is 13.3 Å². The minimum Gasteiger partial charge on any atom is -0.483 e. The number of ether oxygens (including phenoxy) is 2. The highest BCUT2D eigenvalue weighted by Gasteiger charge is 2.49. The third kappa shape index (κ3) is 4.50. The smallest absolute Gasteiger partial charge is 0.241 e. The molecule has 0 bridgehead atoms. The van der Waals surface area contributed by atoms with Crippen molar-refractivity contribution in [1.29, 1.82) is 5.26 Å². The second-order valence-electron chi connectivity index (χ2n) is 9.12. The molecule has 0 amide bonds. The van der Waals surface area contributed by atoms with Crippen molar-refractivity contribution < 1.29 is 9.47 Å². The molecule has 5 rings (SSSR count). The predicted octanol–water partition coefficient (Wildman–Crippen LogP) is 3.90. The molecule has 2 aromatic carbocycles. The van der Waals surface area contributed by atoms with E-state index in [0.29, 0.717) is 25.0 Å². The number of hydrogen-bond acceptors (Lipinski definition) is 5. The van der Waals surface area contributed by atoms with Gasteiger partial charge in [0, 0.05) is 38.4 Å². The Morgan fingerprint density at radius 3 is 2.44 bits per heavy atom. The van der Waals surface area contributed by atoms with Crippen LogP contribution in [0, 0.1) is 11.3 Å². The molecule has 0 spiro atoms. The minimum atomic E-state index is -0.306. The molecule has 1 fully saturated rings. The van der Waals surface area contributed by atoms with Gasteiger partial charge in [-0.15, -0.1) is 0 Å². The Balaban J connectivity index is 1.57. The van der Waals surface area contributed by atoms with Crippen LogP contribution >= 0.6 is 0 Å². The predicted molar refractivity (Wildman–Crippen MR) is 130 cm³/mol. The van der Waals surface area contributed by atoms with Crippen molar-refractivity contribution in [1.82, 2.24) is 9.47 Å². The number of fused-ring (bicyclic) bond motifs is 3. The second-order valence-corrected chi connectivity index (χ2v) is 9.12. The lowest BCUT2D eigenvalue weighted by Crippen LogP contribution is -2.35. The third-order valence-corrected chi connectivity index (χ3v) is 6.89. The molecular weight excluding hydrogens is 426 g/mol. The molecule has 6 heteroatoms. The lowest BCUT2D eigenvalue weighted by atomic mass is 10.0. The Morgan fingerprint density at radius 1 is 1.06 bits per heavy atom. The van der Waals surface area contributed by atoms with E-state index in [9.17, 15) is 10.1 Å². The normalized spacial score (nSPS) is 21.1. The molecule has 1 aliphatic carbocycles. The Hall–Kier alpha value is -3.40. The lowest BCUT2D eigenvalue weighted by molar-refractivity contribution is 0.134. The molecule has 1 aromatic heterocycles. The van der Waals surface area contributed by atoms with E-state index in [1.807, 2.05) is 48.5 Å². The Kier molecular flexibility index (Phi) is 6.48. The fourth-order valence-electron chi connectivity index (χ4n) is 5.12. The van der Waals surface area contributed by atoms with E-state index in [-0.39, 0.29) is 23.0 Å². The number of benzene rings is 2. The van der Waals surface area contributed by atoms with E-state index in [2.05, 4.69) is 27.7 Å². The molecule has 3 aromatic rings. The van der Waals surface area contributed by atoms with Gasteiger partial charge in [0.1, 0.15) is 18.2 Å². The van der Waals surface area contributed by atoms with E-state index in [0.717, 1.165) is 37.2 Å². The number of pyridine rings is 1. The van der Waals surface area contributed by atoms with Gasteiger partial charge in [0.15, 0.2) is 5.75 Å². The number of methoxy groups -OCH3 is 1. The van der Waals surface area contributed by atoms with E-state index >= 15 is 0 Å². The summed E-state index contributed by atoms with van der Waals surface area (Å²) in [4.78, 5) is 15.8. The summed E-state index contributed by atoms with van der Waals surface area (Å²) in [5.41, 5.74) is 2.98. The molecule has 1 saturated carbocycles. The van der Waals surface area contributed by atoms with E-state index in [1.165, 1.54) is 5.56 Å². The Bertz CT molecular complexity index is 1230. The first-order valence-corrected chi connectivity index (χ1v) is 11.8. The van der Waals surface area contributed by atoms with Gasteiger partial charge in [0.2, 0.25) is 5.43 Å². The zero-order valence-corrected chi connectivity index (χ0v) is 19.4. The van der Waals surface area contributed by atoms with Crippen molar-refractivity contribution in [2.24, 2.45) is 0 Å². The molecule has 3 atom stereocenters. The van der Waals surface area contributed by atoms with Crippen LogP contribution in [0.25, 0.3) is 0 Å². The van der Waals surface area contributed by atoms with Crippen LogP contribution in [0.3, 0.4) is 0 Å². The zero-order chi connectivity index (χ0) is 23.5. The van der Waals surface area contributed by atoms with Crippen LogP contribution in [0.4, 0.5) is 0 Å². The monoisotopic (exact) mass is 455 g/mol. The average molecular weight is 456 g/mol. The number of rotatable bonds is 8. The number of aromatic nitrogens is 1. The molecule has 2 heterocycles. The molecule has 1 aliphatic heterocycles. The first-order chi connectivity index (χ1) is 16.7. The van der Waals surface area contributed by atoms with Crippen molar-refractivity contribution in [2.75, 3.05) is 26.8 Å². The summed E-state index contributed by atoms with van der Waals surface area (Å²) in [6, 6.07) is 22.8. The van der Waals surface area contributed by atoms with Gasteiger partial charge in [0.05, 0.1) is 18.3 Å². The molecule has 0 saturated heterocycles. The van der Waals surface area contributed by atoms with Crippen LogP contribution in [-0.2, 0) is 17.8 Å². The van der Waals surface area contributed by atoms with Gasteiger partial charge in [-0.1, -0.05) is 60.7 Å². The average Bonchev–Trinajstić information content (AvgIpc) is 3.67. The molecule has 2 unspecified atom stereocenters. The summed E-state index contributed by atoms with van der Waals surface area (Å²) in [7, 11) is 1.73. The number of hydrogen-bond donors (Lipinski definition) is 0. The summed E-state index contributed by atoms with van der Waals surface area (Å²) in [5.74, 6) is 0.547. The summed E-state index contributed by atoms with van der Waals surface area (Å²) in [6.07, 6.45) is 3.55. The van der Waals surface area contributed by atoms with Crippen LogP contribution in [0.1, 0.15) is 40.8 Å². The largest absolute Gasteiger partial charge is 0.483 e. The Morgan fingerprint density at radius 2 is 1.76 bits per heavy atom. The van der Waals surface area contributed by atoms with Crippen LogP contribution in [-0.4, -0.2) is 42.3 Å². The molecule has 174 valence electrons. The van der Waals surface area contributed by atoms with Crippen LogP contribution in [0.5, 0.6) is 5.75 Å². The maximum Gasteiger partial charge on any atom is 0.241 e.